The Morgan fingerprint density at radius 2 is 1.71 bits per heavy atom. The van der Waals surface area contributed by atoms with Crippen molar-refractivity contribution < 1.29 is 17.9 Å². The molecule has 1 saturated heterocycles. The van der Waals surface area contributed by atoms with E-state index in [1.807, 2.05) is 6.07 Å². The van der Waals surface area contributed by atoms with Crippen LogP contribution in [0.2, 0.25) is 0 Å². The van der Waals surface area contributed by atoms with Gasteiger partial charge < -0.3 is 4.74 Å². The fourth-order valence-electron chi connectivity index (χ4n) is 5.85. The fourth-order valence-corrected chi connectivity index (χ4v) is 5.85. The zero-order valence-corrected chi connectivity index (χ0v) is 18.4. The van der Waals surface area contributed by atoms with Crippen LogP contribution in [0.15, 0.2) is 48.5 Å². The third kappa shape index (κ3) is 5.16. The van der Waals surface area contributed by atoms with Crippen LogP contribution in [0.4, 0.5) is 13.2 Å². The Morgan fingerprint density at radius 1 is 0.935 bits per heavy atom. The number of hydrogen-bond donors (Lipinski definition) is 0. The average Bonchev–Trinajstić information content (AvgIpc) is 3.18. The van der Waals surface area contributed by atoms with E-state index in [-0.39, 0.29) is 11.0 Å². The first kappa shape index (κ1) is 22.4. The van der Waals surface area contributed by atoms with E-state index in [1.165, 1.54) is 23.3 Å². The summed E-state index contributed by atoms with van der Waals surface area (Å²) in [7, 11) is 0. The molecule has 1 saturated carbocycles. The standard InChI is InChI=1S/C27H33F3O/c1-21-8-6-10-22(18-21)9-2-3-13-25(16-17-31-26(20-25)14-4-5-15-26)23-11-7-12-24(19-23)27(28,29)30/h6-8,10-12,18-19H,2-5,9,13-17,20H2,1H3/t25-/m1/s1. The second kappa shape index (κ2) is 8.97. The molecule has 0 radical (unpaired) electrons. The van der Waals surface area contributed by atoms with Crippen LogP contribution in [0, 0.1) is 6.92 Å². The van der Waals surface area contributed by atoms with Crippen LogP contribution in [-0.2, 0) is 22.7 Å². The lowest BCUT2D eigenvalue weighted by atomic mass is 9.65. The highest BCUT2D eigenvalue weighted by atomic mass is 19.4. The summed E-state index contributed by atoms with van der Waals surface area (Å²) in [6.07, 6.45) is 5.75. The number of unbranched alkanes of at least 4 members (excludes halogenated alkanes) is 1. The summed E-state index contributed by atoms with van der Waals surface area (Å²) in [6, 6.07) is 14.7. The monoisotopic (exact) mass is 430 g/mol. The van der Waals surface area contributed by atoms with E-state index in [2.05, 4.69) is 31.2 Å². The molecule has 2 aromatic rings. The van der Waals surface area contributed by atoms with E-state index in [1.54, 1.807) is 6.07 Å². The van der Waals surface area contributed by atoms with Gasteiger partial charge in [-0.15, -0.1) is 0 Å². The first-order valence-corrected chi connectivity index (χ1v) is 11.7. The largest absolute Gasteiger partial charge is 0.416 e. The van der Waals surface area contributed by atoms with Gasteiger partial charge in [0.15, 0.2) is 0 Å². The lowest BCUT2D eigenvalue weighted by Gasteiger charge is -2.47. The van der Waals surface area contributed by atoms with Crippen molar-refractivity contribution in [3.63, 3.8) is 0 Å². The number of alkyl halides is 3. The Balaban J connectivity index is 1.54. The predicted molar refractivity (Wildman–Crippen MR) is 118 cm³/mol. The van der Waals surface area contributed by atoms with Crippen LogP contribution in [0.1, 0.15) is 80.0 Å². The van der Waals surface area contributed by atoms with Crippen molar-refractivity contribution in [2.45, 2.75) is 88.3 Å². The van der Waals surface area contributed by atoms with Gasteiger partial charge in [-0.05, 0) is 69.1 Å². The quantitative estimate of drug-likeness (QED) is 0.425. The summed E-state index contributed by atoms with van der Waals surface area (Å²) in [5, 5.41) is 0. The zero-order valence-electron chi connectivity index (χ0n) is 18.4. The second-order valence-electron chi connectivity index (χ2n) is 9.72. The topological polar surface area (TPSA) is 9.23 Å². The van der Waals surface area contributed by atoms with E-state index >= 15 is 0 Å². The second-order valence-corrected chi connectivity index (χ2v) is 9.72. The summed E-state index contributed by atoms with van der Waals surface area (Å²) >= 11 is 0. The van der Waals surface area contributed by atoms with E-state index in [4.69, 9.17) is 4.74 Å². The van der Waals surface area contributed by atoms with Crippen LogP contribution in [0.3, 0.4) is 0 Å². The first-order chi connectivity index (χ1) is 14.8. The summed E-state index contributed by atoms with van der Waals surface area (Å²) in [4.78, 5) is 0. The Hall–Kier alpha value is -1.81. The highest BCUT2D eigenvalue weighted by molar-refractivity contribution is 5.33. The third-order valence-electron chi connectivity index (χ3n) is 7.42. The van der Waals surface area contributed by atoms with Crippen LogP contribution < -0.4 is 0 Å². The minimum atomic E-state index is -4.31. The Labute approximate surface area is 184 Å². The lowest BCUT2D eigenvalue weighted by molar-refractivity contribution is -0.137. The molecule has 0 bridgehead atoms. The van der Waals surface area contributed by atoms with Gasteiger partial charge in [-0.1, -0.05) is 67.3 Å². The molecule has 168 valence electrons. The number of ether oxygens (including phenoxy) is 1. The van der Waals surface area contributed by atoms with Crippen molar-refractivity contribution in [2.24, 2.45) is 0 Å². The molecule has 0 N–H and O–H groups in total. The average molecular weight is 431 g/mol. The van der Waals surface area contributed by atoms with Gasteiger partial charge in [-0.3, -0.25) is 0 Å². The van der Waals surface area contributed by atoms with Gasteiger partial charge >= 0.3 is 6.18 Å². The summed E-state index contributed by atoms with van der Waals surface area (Å²) in [6.45, 7) is 2.75. The van der Waals surface area contributed by atoms with E-state index in [0.717, 1.165) is 69.8 Å². The molecule has 0 unspecified atom stereocenters. The van der Waals surface area contributed by atoms with Crippen LogP contribution in [0.5, 0.6) is 0 Å². The summed E-state index contributed by atoms with van der Waals surface area (Å²) in [5.41, 5.74) is 2.57. The van der Waals surface area contributed by atoms with Crippen LogP contribution >= 0.6 is 0 Å². The van der Waals surface area contributed by atoms with Gasteiger partial charge in [-0.2, -0.15) is 13.2 Å². The maximum atomic E-state index is 13.5. The predicted octanol–water partition coefficient (Wildman–Crippen LogP) is 7.79. The molecule has 1 spiro atoms. The maximum Gasteiger partial charge on any atom is 0.416 e. The van der Waals surface area contributed by atoms with Crippen molar-refractivity contribution >= 4 is 0 Å². The van der Waals surface area contributed by atoms with Crippen LogP contribution in [0.25, 0.3) is 0 Å². The number of rotatable bonds is 6. The molecule has 31 heavy (non-hydrogen) atoms. The van der Waals surface area contributed by atoms with Crippen molar-refractivity contribution in [2.75, 3.05) is 6.61 Å². The van der Waals surface area contributed by atoms with Gasteiger partial charge in [-0.25, -0.2) is 0 Å². The van der Waals surface area contributed by atoms with Crippen molar-refractivity contribution in [3.05, 3.63) is 70.8 Å². The highest BCUT2D eigenvalue weighted by Gasteiger charge is 2.48. The van der Waals surface area contributed by atoms with Gasteiger partial charge in [0, 0.05) is 12.0 Å². The molecule has 4 rings (SSSR count). The summed E-state index contributed by atoms with van der Waals surface area (Å²) in [5.74, 6) is 0. The Kier molecular flexibility index (Phi) is 6.48. The van der Waals surface area contributed by atoms with Gasteiger partial charge in [0.25, 0.3) is 0 Å². The molecule has 4 heteroatoms. The summed E-state index contributed by atoms with van der Waals surface area (Å²) < 4.78 is 46.6. The molecule has 1 aliphatic heterocycles. The van der Waals surface area contributed by atoms with Gasteiger partial charge in [0.1, 0.15) is 0 Å². The molecule has 1 heterocycles. The molecule has 0 amide bonds. The molecule has 2 aromatic carbocycles. The molecular formula is C27H33F3O. The number of benzene rings is 2. The fraction of sp³-hybridized carbons (Fsp3) is 0.556. The molecular weight excluding hydrogens is 397 g/mol. The third-order valence-corrected chi connectivity index (χ3v) is 7.42. The van der Waals surface area contributed by atoms with Crippen molar-refractivity contribution in [3.8, 4) is 0 Å². The highest BCUT2D eigenvalue weighted by Crippen LogP contribution is 2.51. The lowest BCUT2D eigenvalue weighted by Crippen LogP contribution is -2.46. The maximum absolute atomic E-state index is 13.5. The van der Waals surface area contributed by atoms with Gasteiger partial charge in [0.2, 0.25) is 0 Å². The van der Waals surface area contributed by atoms with Crippen LogP contribution in [-0.4, -0.2) is 12.2 Å². The van der Waals surface area contributed by atoms with Gasteiger partial charge in [0.05, 0.1) is 11.2 Å². The SMILES string of the molecule is Cc1cccc(CCCC[C@@]2(c3cccc(C(F)(F)F)c3)CCOC3(CCCC3)C2)c1. The zero-order chi connectivity index (χ0) is 22.0. The van der Waals surface area contributed by atoms with Crippen molar-refractivity contribution in [1.29, 1.82) is 0 Å². The molecule has 1 aliphatic carbocycles. The Morgan fingerprint density at radius 3 is 2.45 bits per heavy atom. The molecule has 1 nitrogen and oxygen atoms in total. The van der Waals surface area contributed by atoms with E-state index < -0.39 is 11.7 Å². The molecule has 1 atom stereocenters. The number of hydrogen-bond acceptors (Lipinski definition) is 1. The Bertz CT molecular complexity index is 882. The minimum Gasteiger partial charge on any atom is -0.375 e. The minimum absolute atomic E-state index is 0.136. The number of halogens is 3. The van der Waals surface area contributed by atoms with E-state index in [9.17, 15) is 13.2 Å². The van der Waals surface area contributed by atoms with E-state index in [0.29, 0.717) is 6.61 Å². The molecule has 2 fully saturated rings. The smallest absolute Gasteiger partial charge is 0.375 e. The molecule has 2 aliphatic rings. The van der Waals surface area contributed by atoms with Crippen molar-refractivity contribution in [1.82, 2.24) is 0 Å². The number of aryl methyl sites for hydroxylation is 2. The first-order valence-electron chi connectivity index (χ1n) is 11.7. The normalized spacial score (nSPS) is 23.4. The molecule has 0 aromatic heterocycles.